The van der Waals surface area contributed by atoms with E-state index < -0.39 is 0 Å². The van der Waals surface area contributed by atoms with Gasteiger partial charge in [0.05, 0.1) is 11.2 Å². The number of rotatable bonds is 0. The maximum absolute atomic E-state index is 6.28. The van der Waals surface area contributed by atoms with Crippen LogP contribution in [0.3, 0.4) is 0 Å². The topological polar surface area (TPSA) is 29.0 Å². The van der Waals surface area contributed by atoms with Crippen molar-refractivity contribution in [1.29, 1.82) is 0 Å². The van der Waals surface area contributed by atoms with Crippen LogP contribution in [-0.4, -0.2) is 21.9 Å². The largest absolute Gasteiger partial charge is 0.292 e. The van der Waals surface area contributed by atoms with Crippen LogP contribution >= 0.6 is 23.2 Å². The highest BCUT2D eigenvalue weighted by Gasteiger charge is 2.44. The van der Waals surface area contributed by atoms with Crippen molar-refractivity contribution in [2.45, 2.75) is 37.8 Å². The standard InChI is InChI=1S/C17H17Cl2N3/c1-22-10-12-14(20-16(19)21-15(12)18)9-17(22)8-4-6-11-5-2-3-7-13(11)17/h2-3,5,7H,4,6,8-10H2,1H3/t17-/m0/s1. The van der Waals surface area contributed by atoms with E-state index >= 15 is 0 Å². The van der Waals surface area contributed by atoms with E-state index in [2.05, 4.69) is 46.2 Å². The first-order valence-corrected chi connectivity index (χ1v) is 8.36. The molecule has 0 radical (unpaired) electrons. The molecule has 0 N–H and O–H groups in total. The van der Waals surface area contributed by atoms with Crippen LogP contribution in [0.15, 0.2) is 24.3 Å². The van der Waals surface area contributed by atoms with Gasteiger partial charge in [0.1, 0.15) is 5.15 Å². The fourth-order valence-electron chi connectivity index (χ4n) is 4.05. The molecule has 4 rings (SSSR count). The molecule has 1 aromatic heterocycles. The first-order valence-electron chi connectivity index (χ1n) is 7.60. The minimum Gasteiger partial charge on any atom is -0.292 e. The summed E-state index contributed by atoms with van der Waals surface area (Å²) in [6.07, 6.45) is 4.34. The molecule has 3 nitrogen and oxygen atoms in total. The molecule has 0 amide bonds. The molecule has 1 aliphatic heterocycles. The Bertz CT molecular complexity index is 747. The number of benzene rings is 1. The Morgan fingerprint density at radius 1 is 1.18 bits per heavy atom. The fourth-order valence-corrected chi connectivity index (χ4v) is 4.53. The summed E-state index contributed by atoms with van der Waals surface area (Å²) in [7, 11) is 2.18. The second kappa shape index (κ2) is 5.19. The maximum Gasteiger partial charge on any atom is 0.224 e. The van der Waals surface area contributed by atoms with Gasteiger partial charge in [0.15, 0.2) is 0 Å². The van der Waals surface area contributed by atoms with Gasteiger partial charge in [0.25, 0.3) is 0 Å². The highest BCUT2D eigenvalue weighted by molar-refractivity contribution is 6.32. The number of hydrogen-bond donors (Lipinski definition) is 0. The lowest BCUT2D eigenvalue weighted by Gasteiger charge is -2.49. The monoisotopic (exact) mass is 333 g/mol. The zero-order valence-electron chi connectivity index (χ0n) is 12.4. The Hall–Kier alpha value is -1.16. The third-order valence-electron chi connectivity index (χ3n) is 5.16. The van der Waals surface area contributed by atoms with Crippen LogP contribution in [0.1, 0.15) is 35.2 Å². The molecule has 0 saturated heterocycles. The van der Waals surface area contributed by atoms with E-state index in [0.717, 1.165) is 37.1 Å². The Balaban J connectivity index is 1.88. The van der Waals surface area contributed by atoms with E-state index in [-0.39, 0.29) is 10.8 Å². The second-order valence-electron chi connectivity index (χ2n) is 6.28. The number of likely N-dealkylation sites (N-methyl/N-ethyl adjacent to an activating group) is 1. The SMILES string of the molecule is CN1Cc2c(Cl)nc(Cl)nc2C[C@]12CCCc1ccccc12. The molecule has 1 spiro atoms. The van der Waals surface area contributed by atoms with Gasteiger partial charge in [-0.2, -0.15) is 0 Å². The van der Waals surface area contributed by atoms with Crippen molar-refractivity contribution in [2.75, 3.05) is 7.05 Å². The van der Waals surface area contributed by atoms with Gasteiger partial charge in [0.2, 0.25) is 5.28 Å². The first-order chi connectivity index (χ1) is 10.6. The number of fused-ring (bicyclic) bond motifs is 3. The van der Waals surface area contributed by atoms with Gasteiger partial charge in [-0.05, 0) is 49.0 Å². The molecule has 0 fully saturated rings. The van der Waals surface area contributed by atoms with Gasteiger partial charge < -0.3 is 0 Å². The summed E-state index contributed by atoms with van der Waals surface area (Å²) in [6.45, 7) is 0.764. The summed E-state index contributed by atoms with van der Waals surface area (Å²) in [5.74, 6) is 0. The van der Waals surface area contributed by atoms with E-state index in [1.165, 1.54) is 17.5 Å². The van der Waals surface area contributed by atoms with Gasteiger partial charge in [-0.1, -0.05) is 35.9 Å². The average Bonchev–Trinajstić information content (AvgIpc) is 2.50. The molecular weight excluding hydrogens is 317 g/mol. The van der Waals surface area contributed by atoms with Crippen molar-refractivity contribution in [3.8, 4) is 0 Å². The number of nitrogens with zero attached hydrogens (tertiary/aromatic N) is 3. The molecule has 1 aliphatic carbocycles. The molecular formula is C17H17Cl2N3. The highest BCUT2D eigenvalue weighted by Crippen LogP contribution is 2.46. The molecule has 2 aliphatic rings. The maximum atomic E-state index is 6.28. The predicted octanol–water partition coefficient (Wildman–Crippen LogP) is 4.00. The predicted molar refractivity (Wildman–Crippen MR) is 88.3 cm³/mol. The Labute approximate surface area is 140 Å². The number of halogens is 2. The van der Waals surface area contributed by atoms with Crippen LogP contribution in [-0.2, 0) is 24.9 Å². The van der Waals surface area contributed by atoms with Crippen LogP contribution in [0.5, 0.6) is 0 Å². The molecule has 1 aromatic carbocycles. The second-order valence-corrected chi connectivity index (χ2v) is 6.98. The van der Waals surface area contributed by atoms with Crippen LogP contribution < -0.4 is 0 Å². The van der Waals surface area contributed by atoms with E-state index in [1.54, 1.807) is 0 Å². The van der Waals surface area contributed by atoms with Gasteiger partial charge in [-0.15, -0.1) is 0 Å². The molecule has 0 unspecified atom stereocenters. The first kappa shape index (κ1) is 14.4. The fraction of sp³-hybridized carbons (Fsp3) is 0.412. The quantitative estimate of drug-likeness (QED) is 0.539. The Morgan fingerprint density at radius 2 is 2.00 bits per heavy atom. The van der Waals surface area contributed by atoms with Gasteiger partial charge >= 0.3 is 0 Å². The normalized spacial score (nSPS) is 24.1. The number of hydrogen-bond acceptors (Lipinski definition) is 3. The lowest BCUT2D eigenvalue weighted by molar-refractivity contribution is 0.0728. The third-order valence-corrected chi connectivity index (χ3v) is 5.64. The Kier molecular flexibility index (Phi) is 3.40. The van der Waals surface area contributed by atoms with E-state index in [9.17, 15) is 0 Å². The van der Waals surface area contributed by atoms with E-state index in [1.807, 2.05) is 0 Å². The van der Waals surface area contributed by atoms with Crippen LogP contribution in [0, 0.1) is 0 Å². The van der Waals surface area contributed by atoms with Crippen molar-refractivity contribution < 1.29 is 0 Å². The summed E-state index contributed by atoms with van der Waals surface area (Å²) < 4.78 is 0. The highest BCUT2D eigenvalue weighted by atomic mass is 35.5. The molecule has 22 heavy (non-hydrogen) atoms. The summed E-state index contributed by atoms with van der Waals surface area (Å²) in [4.78, 5) is 11.0. The summed E-state index contributed by atoms with van der Waals surface area (Å²) in [5, 5.41) is 0.730. The number of aromatic nitrogens is 2. The van der Waals surface area contributed by atoms with Crippen molar-refractivity contribution in [2.24, 2.45) is 0 Å². The van der Waals surface area contributed by atoms with Gasteiger partial charge in [-0.25, -0.2) is 9.97 Å². The number of aryl methyl sites for hydroxylation is 1. The molecule has 114 valence electrons. The lowest BCUT2D eigenvalue weighted by Crippen LogP contribution is -2.50. The molecule has 1 atom stereocenters. The van der Waals surface area contributed by atoms with Gasteiger partial charge in [-0.3, -0.25) is 4.90 Å². The van der Waals surface area contributed by atoms with Crippen molar-refractivity contribution in [1.82, 2.24) is 14.9 Å². The van der Waals surface area contributed by atoms with Crippen LogP contribution in [0.25, 0.3) is 0 Å². The molecule has 2 aromatic rings. The zero-order valence-corrected chi connectivity index (χ0v) is 14.0. The minimum atomic E-state index is 0.00283. The van der Waals surface area contributed by atoms with E-state index in [0.29, 0.717) is 5.15 Å². The van der Waals surface area contributed by atoms with Crippen molar-refractivity contribution >= 4 is 23.2 Å². The van der Waals surface area contributed by atoms with Gasteiger partial charge in [0, 0.05) is 18.5 Å². The summed E-state index contributed by atoms with van der Waals surface area (Å²) in [6, 6.07) is 8.78. The average molecular weight is 334 g/mol. The molecule has 5 heteroatoms. The lowest BCUT2D eigenvalue weighted by atomic mass is 9.71. The van der Waals surface area contributed by atoms with Crippen molar-refractivity contribution in [3.63, 3.8) is 0 Å². The van der Waals surface area contributed by atoms with E-state index in [4.69, 9.17) is 23.2 Å². The summed E-state index contributed by atoms with van der Waals surface area (Å²) in [5.41, 5.74) is 4.90. The van der Waals surface area contributed by atoms with Crippen molar-refractivity contribution in [3.05, 3.63) is 57.1 Å². The zero-order chi connectivity index (χ0) is 15.3. The molecule has 0 bridgehead atoms. The third kappa shape index (κ3) is 2.07. The Morgan fingerprint density at radius 3 is 2.86 bits per heavy atom. The smallest absolute Gasteiger partial charge is 0.224 e. The van der Waals surface area contributed by atoms with Crippen LogP contribution in [0.2, 0.25) is 10.4 Å². The summed E-state index contributed by atoms with van der Waals surface area (Å²) >= 11 is 12.3. The van der Waals surface area contributed by atoms with Crippen LogP contribution in [0.4, 0.5) is 0 Å². The molecule has 0 saturated carbocycles. The molecule has 2 heterocycles. The minimum absolute atomic E-state index is 0.00283.